The van der Waals surface area contributed by atoms with Crippen molar-refractivity contribution in [2.24, 2.45) is 5.92 Å². The maximum absolute atomic E-state index is 14.2. The lowest BCUT2D eigenvalue weighted by molar-refractivity contribution is -0.186. The lowest BCUT2D eigenvalue weighted by Gasteiger charge is -2.30. The van der Waals surface area contributed by atoms with Crippen LogP contribution in [0.2, 0.25) is 0 Å². The zero-order valence-corrected chi connectivity index (χ0v) is 20.3. The minimum Gasteiger partial charge on any atom is -0.491 e. The van der Waals surface area contributed by atoms with Gasteiger partial charge in [0.15, 0.2) is 0 Å². The van der Waals surface area contributed by atoms with Crippen LogP contribution in [0.5, 0.6) is 5.75 Å². The van der Waals surface area contributed by atoms with Crippen LogP contribution in [0, 0.1) is 15.3 Å². The molecule has 1 saturated heterocycles. The van der Waals surface area contributed by atoms with Gasteiger partial charge in [0.1, 0.15) is 30.3 Å². The van der Waals surface area contributed by atoms with E-state index in [9.17, 15) is 31.9 Å². The van der Waals surface area contributed by atoms with Gasteiger partial charge in [-0.2, -0.15) is 13.2 Å². The molecule has 0 radical (unpaired) electrons. The SMILES string of the molecule is CC(C(C(=O)Nc1ccc(I)cc1F)N1C(=O)NC(c2ccc(OCCO)cc2)C1=O)C(F)(F)F. The van der Waals surface area contributed by atoms with Gasteiger partial charge in [0.05, 0.1) is 18.2 Å². The number of hydrogen-bond donors (Lipinski definition) is 3. The summed E-state index contributed by atoms with van der Waals surface area (Å²) in [5.41, 5.74) is -0.151. The molecule has 1 heterocycles. The predicted octanol–water partition coefficient (Wildman–Crippen LogP) is 3.60. The number of halogens is 5. The van der Waals surface area contributed by atoms with Crippen molar-refractivity contribution in [3.8, 4) is 5.75 Å². The second-order valence-electron chi connectivity index (χ2n) is 7.62. The van der Waals surface area contributed by atoms with Gasteiger partial charge in [0.2, 0.25) is 5.91 Å². The first-order valence-electron chi connectivity index (χ1n) is 10.2. The van der Waals surface area contributed by atoms with Gasteiger partial charge in [-0.05, 0) is 58.5 Å². The third kappa shape index (κ3) is 6.01. The number of carbonyl (C=O) groups is 3. The van der Waals surface area contributed by atoms with Crippen molar-refractivity contribution in [3.63, 3.8) is 0 Å². The van der Waals surface area contributed by atoms with Crippen molar-refractivity contribution < 1.29 is 41.8 Å². The van der Waals surface area contributed by atoms with E-state index in [0.717, 1.165) is 6.07 Å². The average molecular weight is 609 g/mol. The summed E-state index contributed by atoms with van der Waals surface area (Å²) >= 11 is 1.82. The van der Waals surface area contributed by atoms with Crippen LogP contribution in [0.15, 0.2) is 42.5 Å². The fourth-order valence-electron chi connectivity index (χ4n) is 3.45. The lowest BCUT2D eigenvalue weighted by Crippen LogP contribution is -2.54. The molecule has 3 N–H and O–H groups in total. The molecule has 13 heteroatoms. The highest BCUT2D eigenvalue weighted by molar-refractivity contribution is 14.1. The second kappa shape index (κ2) is 10.8. The summed E-state index contributed by atoms with van der Waals surface area (Å²) in [6.45, 7) is 0.468. The Morgan fingerprint density at radius 3 is 2.46 bits per heavy atom. The van der Waals surface area contributed by atoms with Crippen LogP contribution in [0.1, 0.15) is 18.5 Å². The van der Waals surface area contributed by atoms with Gasteiger partial charge < -0.3 is 20.5 Å². The Morgan fingerprint density at radius 2 is 1.89 bits per heavy atom. The molecule has 3 unspecified atom stereocenters. The van der Waals surface area contributed by atoms with Gasteiger partial charge in [-0.3, -0.25) is 9.59 Å². The molecular weight excluding hydrogens is 589 g/mol. The van der Waals surface area contributed by atoms with Crippen molar-refractivity contribution in [3.05, 3.63) is 57.4 Å². The topological polar surface area (TPSA) is 108 Å². The lowest BCUT2D eigenvalue weighted by atomic mass is 9.97. The molecule has 0 aliphatic carbocycles. The van der Waals surface area contributed by atoms with Crippen molar-refractivity contribution in [2.75, 3.05) is 18.5 Å². The van der Waals surface area contributed by atoms with Crippen LogP contribution < -0.4 is 15.4 Å². The number of imide groups is 1. The Labute approximate surface area is 210 Å². The molecule has 3 atom stereocenters. The Hall–Kier alpha value is -2.94. The molecule has 2 aromatic rings. The number of alkyl halides is 3. The molecule has 3 rings (SSSR count). The average Bonchev–Trinajstić information content (AvgIpc) is 3.08. The Kier molecular flexibility index (Phi) is 8.20. The zero-order valence-electron chi connectivity index (χ0n) is 18.1. The van der Waals surface area contributed by atoms with Crippen LogP contribution in [0.4, 0.5) is 28.0 Å². The van der Waals surface area contributed by atoms with Crippen molar-refractivity contribution in [2.45, 2.75) is 25.2 Å². The number of ether oxygens (including phenoxy) is 1. The highest BCUT2D eigenvalue weighted by Gasteiger charge is 2.53. The van der Waals surface area contributed by atoms with E-state index in [2.05, 4.69) is 10.6 Å². The van der Waals surface area contributed by atoms with Gasteiger partial charge in [-0.15, -0.1) is 0 Å². The van der Waals surface area contributed by atoms with Crippen LogP contribution in [0.3, 0.4) is 0 Å². The first-order chi connectivity index (χ1) is 16.4. The molecular formula is C22H20F4IN3O5. The molecule has 0 bridgehead atoms. The molecule has 188 valence electrons. The van der Waals surface area contributed by atoms with Crippen molar-refractivity contribution >= 4 is 46.1 Å². The van der Waals surface area contributed by atoms with Crippen LogP contribution in [-0.2, 0) is 9.59 Å². The maximum atomic E-state index is 14.2. The molecule has 0 saturated carbocycles. The number of amides is 4. The maximum Gasteiger partial charge on any atom is 0.394 e. The first kappa shape index (κ1) is 26.7. The summed E-state index contributed by atoms with van der Waals surface area (Å²) in [5.74, 6) is -5.41. The number of aliphatic hydroxyl groups excluding tert-OH is 1. The summed E-state index contributed by atoms with van der Waals surface area (Å²) in [6.07, 6.45) is -4.95. The van der Waals surface area contributed by atoms with E-state index in [-0.39, 0.29) is 23.7 Å². The normalized spacial score (nSPS) is 17.7. The van der Waals surface area contributed by atoms with E-state index < -0.39 is 53.5 Å². The zero-order chi connectivity index (χ0) is 25.9. The smallest absolute Gasteiger partial charge is 0.394 e. The summed E-state index contributed by atoms with van der Waals surface area (Å²) in [5, 5.41) is 13.2. The molecule has 0 aromatic heterocycles. The fraction of sp³-hybridized carbons (Fsp3) is 0.318. The van der Waals surface area contributed by atoms with Gasteiger partial charge >= 0.3 is 12.2 Å². The van der Waals surface area contributed by atoms with Gasteiger partial charge in [-0.25, -0.2) is 14.1 Å². The molecule has 2 aromatic carbocycles. The largest absolute Gasteiger partial charge is 0.491 e. The molecule has 1 aliphatic heterocycles. The van der Waals surface area contributed by atoms with E-state index in [1.54, 1.807) is 0 Å². The number of aliphatic hydroxyl groups is 1. The molecule has 0 spiro atoms. The van der Waals surface area contributed by atoms with Gasteiger partial charge in [0, 0.05) is 3.57 Å². The Bertz CT molecular complexity index is 1110. The van der Waals surface area contributed by atoms with Crippen molar-refractivity contribution in [1.82, 2.24) is 10.2 Å². The number of nitrogens with one attached hydrogen (secondary N) is 2. The monoisotopic (exact) mass is 609 g/mol. The highest BCUT2D eigenvalue weighted by atomic mass is 127. The summed E-state index contributed by atoms with van der Waals surface area (Å²) in [7, 11) is 0. The van der Waals surface area contributed by atoms with Crippen LogP contribution in [-0.4, -0.2) is 53.3 Å². The number of benzene rings is 2. The summed E-state index contributed by atoms with van der Waals surface area (Å²) in [6, 6.07) is 4.57. The molecule has 1 fully saturated rings. The third-order valence-electron chi connectivity index (χ3n) is 5.27. The minimum absolute atomic E-state index is 0.0273. The van der Waals surface area contributed by atoms with Crippen LogP contribution in [0.25, 0.3) is 0 Å². The quantitative estimate of drug-likeness (QED) is 0.241. The number of urea groups is 1. The van der Waals surface area contributed by atoms with E-state index in [0.29, 0.717) is 16.2 Å². The number of hydrogen-bond acceptors (Lipinski definition) is 5. The molecule has 4 amide bonds. The first-order valence-corrected chi connectivity index (χ1v) is 11.3. The number of rotatable bonds is 8. The third-order valence-corrected chi connectivity index (χ3v) is 5.94. The van der Waals surface area contributed by atoms with Gasteiger partial charge in [0.25, 0.3) is 5.91 Å². The number of anilines is 1. The predicted molar refractivity (Wildman–Crippen MR) is 124 cm³/mol. The number of nitrogens with zero attached hydrogens (tertiary/aromatic N) is 1. The molecule has 8 nitrogen and oxygen atoms in total. The van der Waals surface area contributed by atoms with Crippen LogP contribution >= 0.6 is 22.6 Å². The van der Waals surface area contributed by atoms with Crippen molar-refractivity contribution in [1.29, 1.82) is 0 Å². The molecule has 1 aliphatic rings. The fourth-order valence-corrected chi connectivity index (χ4v) is 3.90. The van der Waals surface area contributed by atoms with E-state index in [1.165, 1.54) is 36.4 Å². The second-order valence-corrected chi connectivity index (χ2v) is 8.87. The summed E-state index contributed by atoms with van der Waals surface area (Å²) in [4.78, 5) is 38.8. The molecule has 35 heavy (non-hydrogen) atoms. The Balaban J connectivity index is 1.90. The standard InChI is InChI=1S/C22H20F4IN3O5/c1-11(22(24,25)26)18(19(32)28-16-7-4-13(27)10-15(16)23)30-20(33)17(29-21(30)34)12-2-5-14(6-3-12)35-9-8-31/h2-7,10-11,17-18,31H,8-9H2,1H3,(H,28,32)(H,29,34). The van der Waals surface area contributed by atoms with E-state index in [1.807, 2.05) is 22.6 Å². The van der Waals surface area contributed by atoms with E-state index >= 15 is 0 Å². The highest BCUT2D eigenvalue weighted by Crippen LogP contribution is 2.35. The van der Waals surface area contributed by atoms with Gasteiger partial charge in [-0.1, -0.05) is 19.1 Å². The Morgan fingerprint density at radius 1 is 1.23 bits per heavy atom. The van der Waals surface area contributed by atoms with E-state index in [4.69, 9.17) is 9.84 Å². The number of carbonyl (C=O) groups excluding carboxylic acids is 3. The summed E-state index contributed by atoms with van der Waals surface area (Å²) < 4.78 is 60.9. The minimum atomic E-state index is -4.95.